The molecule has 0 aromatic heterocycles. The molecule has 4 N–H and O–H groups in total. The Hall–Kier alpha value is -2.64. The highest BCUT2D eigenvalue weighted by atomic mass is 19.1. The highest BCUT2D eigenvalue weighted by molar-refractivity contribution is 5.93. The van der Waals surface area contributed by atoms with Crippen LogP contribution in [0.1, 0.15) is 17.3 Å². The molecule has 1 rings (SSSR count). The Bertz CT molecular complexity index is 548. The van der Waals surface area contributed by atoms with E-state index in [1.165, 1.54) is 6.07 Å². The minimum Gasteiger partial charge on any atom is -0.478 e. The zero-order chi connectivity index (χ0) is 15.3. The third kappa shape index (κ3) is 3.94. The molecule has 0 aliphatic rings. The van der Waals surface area contributed by atoms with Crippen LogP contribution in [0.2, 0.25) is 0 Å². The van der Waals surface area contributed by atoms with Crippen LogP contribution in [-0.4, -0.2) is 41.0 Å². The highest BCUT2D eigenvalue weighted by Gasteiger charge is 2.15. The van der Waals surface area contributed by atoms with Crippen LogP contribution in [0.15, 0.2) is 18.2 Å². The molecule has 0 heterocycles. The van der Waals surface area contributed by atoms with Crippen molar-refractivity contribution < 1.29 is 23.9 Å². The molecule has 8 heteroatoms. The van der Waals surface area contributed by atoms with Gasteiger partial charge in [-0.3, -0.25) is 4.79 Å². The topological polar surface area (TPSA) is 113 Å². The van der Waals surface area contributed by atoms with E-state index in [4.69, 9.17) is 10.8 Å². The number of halogens is 1. The van der Waals surface area contributed by atoms with Crippen molar-refractivity contribution in [2.24, 2.45) is 5.73 Å². The number of primary amides is 1. The maximum Gasteiger partial charge on any atom is 0.338 e. The predicted molar refractivity (Wildman–Crippen MR) is 68.8 cm³/mol. The van der Waals surface area contributed by atoms with Gasteiger partial charge in [0, 0.05) is 12.2 Å². The Labute approximate surface area is 114 Å². The van der Waals surface area contributed by atoms with Crippen LogP contribution in [0.5, 0.6) is 0 Å². The minimum atomic E-state index is -1.40. The number of carbonyl (C=O) groups is 3. The first kappa shape index (κ1) is 15.4. The number of anilines is 1. The molecule has 0 aliphatic heterocycles. The molecule has 0 saturated carbocycles. The van der Waals surface area contributed by atoms with Crippen molar-refractivity contribution in [2.75, 3.05) is 18.4 Å². The van der Waals surface area contributed by atoms with E-state index < -0.39 is 29.3 Å². The number of carbonyl (C=O) groups excluding carboxylic acids is 2. The van der Waals surface area contributed by atoms with Crippen LogP contribution in [0.4, 0.5) is 14.9 Å². The van der Waals surface area contributed by atoms with Crippen LogP contribution in [0.3, 0.4) is 0 Å². The van der Waals surface area contributed by atoms with E-state index in [2.05, 4.69) is 5.32 Å². The number of carboxylic acids is 1. The van der Waals surface area contributed by atoms with Crippen molar-refractivity contribution in [1.82, 2.24) is 4.90 Å². The molecule has 1 aromatic carbocycles. The number of urea groups is 1. The quantitative estimate of drug-likeness (QED) is 0.743. The van der Waals surface area contributed by atoms with Gasteiger partial charge in [-0.15, -0.1) is 0 Å². The largest absolute Gasteiger partial charge is 0.478 e. The second-order valence-corrected chi connectivity index (χ2v) is 3.91. The maximum absolute atomic E-state index is 13.4. The van der Waals surface area contributed by atoms with Gasteiger partial charge in [-0.1, -0.05) is 0 Å². The zero-order valence-electron chi connectivity index (χ0n) is 10.7. The van der Waals surface area contributed by atoms with E-state index in [0.717, 1.165) is 17.0 Å². The first-order valence-corrected chi connectivity index (χ1v) is 5.72. The molecule has 0 unspecified atom stereocenters. The molecule has 0 bridgehead atoms. The van der Waals surface area contributed by atoms with Gasteiger partial charge in [0.25, 0.3) is 0 Å². The van der Waals surface area contributed by atoms with Crippen LogP contribution in [0.25, 0.3) is 0 Å². The second kappa shape index (κ2) is 6.50. The summed E-state index contributed by atoms with van der Waals surface area (Å²) in [6.45, 7) is 1.62. The van der Waals surface area contributed by atoms with Crippen molar-refractivity contribution in [2.45, 2.75) is 6.92 Å². The third-order valence-corrected chi connectivity index (χ3v) is 2.47. The van der Waals surface area contributed by atoms with Gasteiger partial charge in [-0.25, -0.2) is 14.0 Å². The Morgan fingerprint density at radius 2 is 2.05 bits per heavy atom. The lowest BCUT2D eigenvalue weighted by molar-refractivity contribution is -0.118. The zero-order valence-corrected chi connectivity index (χ0v) is 10.7. The van der Waals surface area contributed by atoms with Gasteiger partial charge in [0.15, 0.2) is 0 Å². The molecule has 0 radical (unpaired) electrons. The fourth-order valence-corrected chi connectivity index (χ4v) is 1.48. The molecule has 0 aliphatic carbocycles. The Morgan fingerprint density at radius 1 is 1.40 bits per heavy atom. The molecular weight excluding hydrogens is 269 g/mol. The number of hydrogen-bond donors (Lipinski definition) is 3. The van der Waals surface area contributed by atoms with E-state index in [1.807, 2.05) is 0 Å². The lowest BCUT2D eigenvalue weighted by atomic mass is 10.2. The number of amides is 3. The van der Waals surface area contributed by atoms with Gasteiger partial charge in [-0.2, -0.15) is 0 Å². The molecule has 0 spiro atoms. The maximum atomic E-state index is 13.4. The molecule has 1 aromatic rings. The Balaban J connectivity index is 2.82. The number of hydrogen-bond acceptors (Lipinski definition) is 3. The Kier molecular flexibility index (Phi) is 5.01. The first-order valence-electron chi connectivity index (χ1n) is 5.72. The van der Waals surface area contributed by atoms with Crippen molar-refractivity contribution in [3.63, 3.8) is 0 Å². The molecule has 0 saturated heterocycles. The van der Waals surface area contributed by atoms with Crippen LogP contribution >= 0.6 is 0 Å². The number of nitrogens with two attached hydrogens (primary N) is 1. The number of nitrogens with one attached hydrogen (secondary N) is 1. The number of aromatic carboxylic acids is 1. The summed E-state index contributed by atoms with van der Waals surface area (Å²) in [7, 11) is 0. The summed E-state index contributed by atoms with van der Waals surface area (Å²) < 4.78 is 13.4. The normalized spacial score (nSPS) is 9.90. The van der Waals surface area contributed by atoms with E-state index in [0.29, 0.717) is 0 Å². The highest BCUT2D eigenvalue weighted by Crippen LogP contribution is 2.15. The summed E-state index contributed by atoms with van der Waals surface area (Å²) in [5.41, 5.74) is 4.58. The van der Waals surface area contributed by atoms with Crippen LogP contribution in [-0.2, 0) is 4.79 Å². The SMILES string of the molecule is CCN(CC(N)=O)C(=O)Nc1ccc(C(=O)O)c(F)c1. The van der Waals surface area contributed by atoms with Gasteiger partial charge in [0.05, 0.1) is 5.56 Å². The molecule has 7 nitrogen and oxygen atoms in total. The molecule has 3 amide bonds. The fraction of sp³-hybridized carbons (Fsp3) is 0.250. The molecule has 0 fully saturated rings. The molecule has 108 valence electrons. The average Bonchev–Trinajstić information content (AvgIpc) is 2.35. The van der Waals surface area contributed by atoms with Crippen LogP contribution in [0, 0.1) is 5.82 Å². The Morgan fingerprint density at radius 3 is 2.50 bits per heavy atom. The lowest BCUT2D eigenvalue weighted by Gasteiger charge is -2.19. The summed E-state index contributed by atoms with van der Waals surface area (Å²) in [5, 5.41) is 11.0. The fourth-order valence-electron chi connectivity index (χ4n) is 1.48. The molecular formula is C12H14FN3O4. The number of carboxylic acid groups (broad SMARTS) is 1. The number of nitrogens with zero attached hydrogens (tertiary/aromatic N) is 1. The van der Waals surface area contributed by atoms with Gasteiger partial charge >= 0.3 is 12.0 Å². The number of likely N-dealkylation sites (N-methyl/N-ethyl adjacent to an activating group) is 1. The van der Waals surface area contributed by atoms with E-state index in [-0.39, 0.29) is 18.8 Å². The van der Waals surface area contributed by atoms with Crippen molar-refractivity contribution in [1.29, 1.82) is 0 Å². The van der Waals surface area contributed by atoms with E-state index >= 15 is 0 Å². The summed E-state index contributed by atoms with van der Waals surface area (Å²) in [5.74, 6) is -3.04. The standard InChI is InChI=1S/C12H14FN3O4/c1-2-16(6-10(14)17)12(20)15-7-3-4-8(11(18)19)9(13)5-7/h3-5H,2,6H2,1H3,(H2,14,17)(H,15,20)(H,18,19). The summed E-state index contributed by atoms with van der Waals surface area (Å²) in [6, 6.07) is 2.55. The van der Waals surface area contributed by atoms with E-state index in [1.54, 1.807) is 6.92 Å². The van der Waals surface area contributed by atoms with Gasteiger partial charge in [0.1, 0.15) is 12.4 Å². The first-order chi connectivity index (χ1) is 9.35. The summed E-state index contributed by atoms with van der Waals surface area (Å²) >= 11 is 0. The average molecular weight is 283 g/mol. The monoisotopic (exact) mass is 283 g/mol. The summed E-state index contributed by atoms with van der Waals surface area (Å²) in [6.07, 6.45) is 0. The van der Waals surface area contributed by atoms with Gasteiger partial charge in [-0.05, 0) is 25.1 Å². The van der Waals surface area contributed by atoms with Crippen LogP contribution < -0.4 is 11.1 Å². The van der Waals surface area contributed by atoms with Crippen molar-refractivity contribution in [3.05, 3.63) is 29.6 Å². The number of benzene rings is 1. The van der Waals surface area contributed by atoms with Gasteiger partial charge < -0.3 is 21.1 Å². The third-order valence-electron chi connectivity index (χ3n) is 2.47. The molecule has 20 heavy (non-hydrogen) atoms. The predicted octanol–water partition coefficient (Wildman–Crippen LogP) is 0.863. The lowest BCUT2D eigenvalue weighted by Crippen LogP contribution is -2.40. The second-order valence-electron chi connectivity index (χ2n) is 3.91. The smallest absolute Gasteiger partial charge is 0.338 e. The minimum absolute atomic E-state index is 0.0837. The van der Waals surface area contributed by atoms with Crippen molar-refractivity contribution in [3.8, 4) is 0 Å². The summed E-state index contributed by atoms with van der Waals surface area (Å²) in [4.78, 5) is 34.3. The van der Waals surface area contributed by atoms with E-state index in [9.17, 15) is 18.8 Å². The number of rotatable bonds is 5. The van der Waals surface area contributed by atoms with Crippen molar-refractivity contribution >= 4 is 23.6 Å². The molecule has 0 atom stereocenters. The van der Waals surface area contributed by atoms with Gasteiger partial charge in [0.2, 0.25) is 5.91 Å².